The van der Waals surface area contributed by atoms with Gasteiger partial charge in [0.2, 0.25) is 0 Å². The summed E-state index contributed by atoms with van der Waals surface area (Å²) in [5, 5.41) is 3.39. The molecule has 0 aromatic heterocycles. The molecule has 0 spiro atoms. The van der Waals surface area contributed by atoms with Gasteiger partial charge in [0.05, 0.1) is 0 Å². The second-order valence-electron chi connectivity index (χ2n) is 4.84. The van der Waals surface area contributed by atoms with Gasteiger partial charge in [0.15, 0.2) is 0 Å². The summed E-state index contributed by atoms with van der Waals surface area (Å²) in [5.41, 5.74) is 0. The largest absolute Gasteiger partial charge is 0.317 e. The van der Waals surface area contributed by atoms with E-state index in [9.17, 15) is 0 Å². The van der Waals surface area contributed by atoms with Gasteiger partial charge in [0.25, 0.3) is 0 Å². The van der Waals surface area contributed by atoms with E-state index < -0.39 is 0 Å². The number of rotatable bonds is 7. The molecule has 0 saturated heterocycles. The summed E-state index contributed by atoms with van der Waals surface area (Å²) in [5.74, 6) is 1.48. The van der Waals surface area contributed by atoms with Crippen LogP contribution in [0.3, 0.4) is 0 Å². The van der Waals surface area contributed by atoms with Crippen molar-refractivity contribution in [2.45, 2.75) is 40.7 Å². The van der Waals surface area contributed by atoms with Crippen molar-refractivity contribution in [1.82, 2.24) is 10.2 Å². The van der Waals surface area contributed by atoms with Crippen LogP contribution in [0, 0.1) is 11.8 Å². The molecule has 0 aromatic rings. The second-order valence-corrected chi connectivity index (χ2v) is 4.84. The molecular formula is C12H28N2. The maximum absolute atomic E-state index is 3.39. The van der Waals surface area contributed by atoms with Crippen LogP contribution in [-0.2, 0) is 0 Å². The Balaban J connectivity index is 3.74. The van der Waals surface area contributed by atoms with Crippen LogP contribution in [0.5, 0.6) is 0 Å². The third-order valence-corrected chi connectivity index (χ3v) is 3.00. The van der Waals surface area contributed by atoms with E-state index in [-0.39, 0.29) is 0 Å². The molecule has 0 heterocycles. The van der Waals surface area contributed by atoms with Crippen molar-refractivity contribution in [1.29, 1.82) is 0 Å². The Labute approximate surface area is 90.1 Å². The topological polar surface area (TPSA) is 15.3 Å². The molecule has 0 aliphatic rings. The normalized spacial score (nSPS) is 16.3. The van der Waals surface area contributed by atoms with E-state index in [0.29, 0.717) is 6.04 Å². The third-order valence-electron chi connectivity index (χ3n) is 3.00. The zero-order valence-electron chi connectivity index (χ0n) is 10.8. The molecule has 14 heavy (non-hydrogen) atoms. The Bertz CT molecular complexity index is 134. The minimum Gasteiger partial charge on any atom is -0.317 e. The molecule has 0 radical (unpaired) electrons. The van der Waals surface area contributed by atoms with Gasteiger partial charge in [-0.05, 0) is 38.9 Å². The lowest BCUT2D eigenvalue weighted by atomic mass is 10.0. The maximum atomic E-state index is 3.39. The van der Waals surface area contributed by atoms with Crippen LogP contribution >= 0.6 is 0 Å². The molecule has 86 valence electrons. The maximum Gasteiger partial charge on any atom is 0.00870 e. The average molecular weight is 200 g/mol. The highest BCUT2D eigenvalue weighted by Gasteiger charge is 2.14. The lowest BCUT2D eigenvalue weighted by Gasteiger charge is -2.30. The first kappa shape index (κ1) is 13.9. The van der Waals surface area contributed by atoms with Gasteiger partial charge in [0.1, 0.15) is 0 Å². The van der Waals surface area contributed by atoms with Crippen molar-refractivity contribution in [2.75, 3.05) is 26.7 Å². The molecule has 2 heteroatoms. The van der Waals surface area contributed by atoms with Crippen molar-refractivity contribution in [3.05, 3.63) is 0 Å². The Morgan fingerprint density at radius 1 is 1.14 bits per heavy atom. The average Bonchev–Trinajstić information content (AvgIpc) is 2.13. The van der Waals surface area contributed by atoms with Gasteiger partial charge in [-0.2, -0.15) is 0 Å². The van der Waals surface area contributed by atoms with Gasteiger partial charge >= 0.3 is 0 Å². The van der Waals surface area contributed by atoms with Crippen LogP contribution in [-0.4, -0.2) is 37.6 Å². The van der Waals surface area contributed by atoms with Gasteiger partial charge in [-0.1, -0.05) is 27.7 Å². The molecule has 0 rings (SSSR count). The predicted molar refractivity (Wildman–Crippen MR) is 64.6 cm³/mol. The Hall–Kier alpha value is -0.0800. The van der Waals surface area contributed by atoms with E-state index in [1.54, 1.807) is 0 Å². The summed E-state index contributed by atoms with van der Waals surface area (Å²) in [4.78, 5) is 2.46. The van der Waals surface area contributed by atoms with Gasteiger partial charge in [0, 0.05) is 12.6 Å². The Morgan fingerprint density at radius 2 is 1.71 bits per heavy atom. The zero-order chi connectivity index (χ0) is 11.1. The highest BCUT2D eigenvalue weighted by molar-refractivity contribution is 4.69. The number of nitrogens with zero attached hydrogens (tertiary/aromatic N) is 1. The van der Waals surface area contributed by atoms with Crippen molar-refractivity contribution in [2.24, 2.45) is 11.8 Å². The van der Waals surface area contributed by atoms with Crippen molar-refractivity contribution < 1.29 is 0 Å². The summed E-state index contributed by atoms with van der Waals surface area (Å²) >= 11 is 0. The third kappa shape index (κ3) is 5.61. The minimum atomic E-state index is 0.680. The van der Waals surface area contributed by atoms with Crippen molar-refractivity contribution >= 4 is 0 Å². The lowest BCUT2D eigenvalue weighted by Crippen LogP contribution is -2.38. The number of hydrogen-bond acceptors (Lipinski definition) is 2. The first-order chi connectivity index (χ1) is 6.49. The van der Waals surface area contributed by atoms with Gasteiger partial charge in [-0.3, -0.25) is 0 Å². The molecular weight excluding hydrogens is 172 g/mol. The molecule has 0 amide bonds. The quantitative estimate of drug-likeness (QED) is 0.678. The fraction of sp³-hybridized carbons (Fsp3) is 1.00. The highest BCUT2D eigenvalue weighted by Crippen LogP contribution is 2.09. The van der Waals surface area contributed by atoms with Crippen LogP contribution in [0.25, 0.3) is 0 Å². The molecule has 0 saturated carbocycles. The minimum absolute atomic E-state index is 0.680. The molecule has 0 fully saturated rings. The van der Waals surface area contributed by atoms with E-state index in [2.05, 4.69) is 51.9 Å². The first-order valence-electron chi connectivity index (χ1n) is 5.90. The Morgan fingerprint density at radius 3 is 2.14 bits per heavy atom. The smallest absolute Gasteiger partial charge is 0.00870 e. The van der Waals surface area contributed by atoms with E-state index in [0.717, 1.165) is 24.9 Å². The molecule has 0 aliphatic heterocycles. The molecule has 2 atom stereocenters. The molecule has 2 nitrogen and oxygen atoms in total. The van der Waals surface area contributed by atoms with Crippen LogP contribution < -0.4 is 5.32 Å². The fourth-order valence-corrected chi connectivity index (χ4v) is 1.62. The van der Waals surface area contributed by atoms with E-state index in [4.69, 9.17) is 0 Å². The van der Waals surface area contributed by atoms with Gasteiger partial charge < -0.3 is 10.2 Å². The molecule has 2 unspecified atom stereocenters. The zero-order valence-corrected chi connectivity index (χ0v) is 10.8. The summed E-state index contributed by atoms with van der Waals surface area (Å²) < 4.78 is 0. The molecule has 0 aliphatic carbocycles. The van der Waals surface area contributed by atoms with Crippen LogP contribution in [0.15, 0.2) is 0 Å². The van der Waals surface area contributed by atoms with Crippen LogP contribution in [0.1, 0.15) is 34.6 Å². The van der Waals surface area contributed by atoms with Crippen molar-refractivity contribution in [3.63, 3.8) is 0 Å². The second kappa shape index (κ2) is 7.24. The molecule has 1 N–H and O–H groups in total. The van der Waals surface area contributed by atoms with E-state index in [1.807, 2.05) is 0 Å². The van der Waals surface area contributed by atoms with Crippen molar-refractivity contribution in [3.8, 4) is 0 Å². The summed E-state index contributed by atoms with van der Waals surface area (Å²) in [6, 6.07) is 0.680. The predicted octanol–water partition coefficient (Wildman–Crippen LogP) is 2.21. The van der Waals surface area contributed by atoms with E-state index >= 15 is 0 Å². The summed E-state index contributed by atoms with van der Waals surface area (Å²) in [6.07, 6.45) is 0. The number of nitrogens with one attached hydrogen (secondary N) is 1. The van der Waals surface area contributed by atoms with Crippen LogP contribution in [0.2, 0.25) is 0 Å². The van der Waals surface area contributed by atoms with Crippen LogP contribution in [0.4, 0.5) is 0 Å². The lowest BCUT2D eigenvalue weighted by molar-refractivity contribution is 0.182. The fourth-order valence-electron chi connectivity index (χ4n) is 1.62. The molecule has 0 bridgehead atoms. The highest BCUT2D eigenvalue weighted by atomic mass is 15.1. The molecule has 0 aromatic carbocycles. The summed E-state index contributed by atoms with van der Waals surface area (Å²) in [7, 11) is 2.23. The monoisotopic (exact) mass is 200 g/mol. The number of hydrogen-bond donors (Lipinski definition) is 1. The van der Waals surface area contributed by atoms with Gasteiger partial charge in [-0.25, -0.2) is 0 Å². The van der Waals surface area contributed by atoms with E-state index in [1.165, 1.54) is 6.54 Å². The van der Waals surface area contributed by atoms with Gasteiger partial charge in [-0.15, -0.1) is 0 Å². The SMILES string of the molecule is CCNCC(C)CN(C)C(C)C(C)C. The first-order valence-corrected chi connectivity index (χ1v) is 5.90. The Kier molecular flexibility index (Phi) is 7.20. The standard InChI is InChI=1S/C12H28N2/c1-7-13-8-11(4)9-14(6)12(5)10(2)3/h10-13H,7-9H2,1-6H3. The summed E-state index contributed by atoms with van der Waals surface area (Å²) in [6.45, 7) is 14.8.